The van der Waals surface area contributed by atoms with Gasteiger partial charge in [0.05, 0.1) is 30.6 Å². The first-order valence-electron chi connectivity index (χ1n) is 10.8. The zero-order valence-corrected chi connectivity index (χ0v) is 18.6. The van der Waals surface area contributed by atoms with E-state index in [1.54, 1.807) is 19.4 Å². The summed E-state index contributed by atoms with van der Waals surface area (Å²) in [6.45, 7) is 4.07. The van der Waals surface area contributed by atoms with Gasteiger partial charge >= 0.3 is 0 Å². The van der Waals surface area contributed by atoms with Gasteiger partial charge in [-0.15, -0.1) is 0 Å². The van der Waals surface area contributed by atoms with Crippen molar-refractivity contribution in [1.29, 1.82) is 0 Å². The first-order chi connectivity index (χ1) is 15.5. The Kier molecular flexibility index (Phi) is 6.58. The molecule has 2 heterocycles. The van der Waals surface area contributed by atoms with Gasteiger partial charge in [0.15, 0.2) is 11.5 Å². The van der Waals surface area contributed by atoms with Gasteiger partial charge in [-0.2, -0.15) is 5.10 Å². The number of benzene rings is 1. The smallest absolute Gasteiger partial charge is 0.249 e. The lowest BCUT2D eigenvalue weighted by atomic mass is 10.2. The number of carbonyl (C=O) groups excluding carboxylic acids is 1. The van der Waals surface area contributed by atoms with Crippen LogP contribution >= 0.6 is 0 Å². The minimum absolute atomic E-state index is 0.206. The highest BCUT2D eigenvalue weighted by molar-refractivity contribution is 6.01. The van der Waals surface area contributed by atoms with Crippen LogP contribution in [0.4, 0.5) is 5.82 Å². The Labute approximate surface area is 187 Å². The fraction of sp³-hybridized carbons (Fsp3) is 0.375. The number of hydrogen-bond donors (Lipinski definition) is 1. The molecule has 0 aliphatic heterocycles. The van der Waals surface area contributed by atoms with Crippen molar-refractivity contribution in [2.24, 2.45) is 0 Å². The molecule has 0 bridgehead atoms. The van der Waals surface area contributed by atoms with Crippen LogP contribution < -0.4 is 14.8 Å². The number of aryl methyl sites for hydroxylation is 2. The molecule has 8 nitrogen and oxygen atoms in total. The lowest BCUT2D eigenvalue weighted by Gasteiger charge is -2.14. The van der Waals surface area contributed by atoms with Crippen molar-refractivity contribution < 1.29 is 18.8 Å². The van der Waals surface area contributed by atoms with Crippen molar-refractivity contribution >= 4 is 17.8 Å². The second-order valence-corrected chi connectivity index (χ2v) is 7.92. The van der Waals surface area contributed by atoms with Gasteiger partial charge in [-0.25, -0.2) is 4.68 Å². The highest BCUT2D eigenvalue weighted by Crippen LogP contribution is 2.32. The van der Waals surface area contributed by atoms with E-state index in [4.69, 9.17) is 14.0 Å². The largest absolute Gasteiger partial charge is 0.493 e. The van der Waals surface area contributed by atoms with Gasteiger partial charge in [0, 0.05) is 12.1 Å². The molecule has 4 rings (SSSR count). The van der Waals surface area contributed by atoms with E-state index in [1.807, 2.05) is 42.8 Å². The molecule has 3 aromatic rings. The fourth-order valence-electron chi connectivity index (χ4n) is 3.96. The predicted octanol–water partition coefficient (Wildman–Crippen LogP) is 4.84. The Bertz CT molecular complexity index is 1090. The number of aromatic nitrogens is 3. The third kappa shape index (κ3) is 4.85. The maximum Gasteiger partial charge on any atom is 0.249 e. The molecule has 1 aromatic carbocycles. The zero-order valence-electron chi connectivity index (χ0n) is 18.6. The molecule has 1 N–H and O–H groups in total. The monoisotopic (exact) mass is 436 g/mol. The van der Waals surface area contributed by atoms with Crippen LogP contribution in [0.1, 0.15) is 54.3 Å². The Hall–Kier alpha value is -3.55. The van der Waals surface area contributed by atoms with E-state index in [1.165, 1.54) is 18.9 Å². The van der Waals surface area contributed by atoms with Crippen LogP contribution in [0.15, 0.2) is 41.1 Å². The Morgan fingerprint density at radius 3 is 2.78 bits per heavy atom. The van der Waals surface area contributed by atoms with Crippen molar-refractivity contribution in [3.8, 4) is 11.5 Å². The van der Waals surface area contributed by atoms with Gasteiger partial charge < -0.3 is 19.3 Å². The van der Waals surface area contributed by atoms with Crippen LogP contribution in [-0.4, -0.2) is 28.0 Å². The Balaban J connectivity index is 1.39. The third-order valence-corrected chi connectivity index (χ3v) is 5.76. The lowest BCUT2D eigenvalue weighted by molar-refractivity contribution is -0.111. The van der Waals surface area contributed by atoms with Gasteiger partial charge in [-0.1, -0.05) is 24.1 Å². The minimum atomic E-state index is -0.206. The summed E-state index contributed by atoms with van der Waals surface area (Å²) < 4.78 is 18.5. The zero-order chi connectivity index (χ0) is 22.5. The lowest BCUT2D eigenvalue weighted by Crippen LogP contribution is -2.15. The Morgan fingerprint density at radius 1 is 1.25 bits per heavy atom. The molecule has 168 valence electrons. The fourth-order valence-corrected chi connectivity index (χ4v) is 3.96. The first kappa shape index (κ1) is 21.7. The summed E-state index contributed by atoms with van der Waals surface area (Å²) in [5, 5.41) is 11.3. The van der Waals surface area contributed by atoms with Crippen molar-refractivity contribution in [3.63, 3.8) is 0 Å². The number of methoxy groups -OCH3 is 1. The number of anilines is 1. The van der Waals surface area contributed by atoms with Crippen molar-refractivity contribution in [1.82, 2.24) is 14.9 Å². The normalized spacial score (nSPS) is 14.2. The van der Waals surface area contributed by atoms with Gasteiger partial charge in [-0.05, 0) is 50.5 Å². The summed E-state index contributed by atoms with van der Waals surface area (Å²) in [5.74, 6) is 2.45. The van der Waals surface area contributed by atoms with E-state index in [2.05, 4.69) is 15.6 Å². The number of ether oxygens (including phenoxy) is 2. The summed E-state index contributed by atoms with van der Waals surface area (Å²) in [7, 11) is 1.59. The molecule has 1 saturated carbocycles. The molecule has 1 fully saturated rings. The maximum absolute atomic E-state index is 12.5. The summed E-state index contributed by atoms with van der Waals surface area (Å²) >= 11 is 0. The van der Waals surface area contributed by atoms with E-state index in [0.717, 1.165) is 41.2 Å². The van der Waals surface area contributed by atoms with E-state index < -0.39 is 0 Å². The van der Waals surface area contributed by atoms with Crippen molar-refractivity contribution in [2.45, 2.75) is 52.2 Å². The van der Waals surface area contributed by atoms with Gasteiger partial charge in [0.1, 0.15) is 18.2 Å². The average molecular weight is 437 g/mol. The standard InChI is InChI=1S/C24H28N4O4/c1-16-20(17(2)32-27-16)15-31-21-10-8-18(14-22(21)30-3)9-11-24(29)26-23-12-13-25-28(23)19-6-4-5-7-19/h8-14,19H,4-7,15H2,1-3H3,(H,26,29)/b11-9+. The van der Waals surface area contributed by atoms with Crippen molar-refractivity contribution in [3.05, 3.63) is 59.1 Å². The molecule has 1 aliphatic carbocycles. The number of rotatable bonds is 8. The van der Waals surface area contributed by atoms with Gasteiger partial charge in [-0.3, -0.25) is 4.79 Å². The molecule has 0 radical (unpaired) electrons. The molecule has 8 heteroatoms. The molecule has 0 saturated heterocycles. The van der Waals surface area contributed by atoms with Crippen LogP contribution in [-0.2, 0) is 11.4 Å². The SMILES string of the molecule is COc1cc(/C=C/C(=O)Nc2ccnn2C2CCCC2)ccc1OCc1c(C)noc1C. The quantitative estimate of drug-likeness (QED) is 0.508. The molecule has 1 amide bonds. The van der Waals surface area contributed by atoms with Gasteiger partial charge in [0.25, 0.3) is 0 Å². The number of nitrogens with zero attached hydrogens (tertiary/aromatic N) is 3. The van der Waals surface area contributed by atoms with Gasteiger partial charge in [0.2, 0.25) is 5.91 Å². The van der Waals surface area contributed by atoms with E-state index in [0.29, 0.717) is 24.1 Å². The molecular formula is C24H28N4O4. The number of carbonyl (C=O) groups is 1. The van der Waals surface area contributed by atoms with E-state index in [9.17, 15) is 4.79 Å². The molecule has 32 heavy (non-hydrogen) atoms. The highest BCUT2D eigenvalue weighted by Gasteiger charge is 2.20. The first-order valence-corrected chi connectivity index (χ1v) is 10.8. The predicted molar refractivity (Wildman–Crippen MR) is 121 cm³/mol. The molecule has 1 aliphatic rings. The summed E-state index contributed by atoms with van der Waals surface area (Å²) in [6, 6.07) is 7.72. The Morgan fingerprint density at radius 2 is 2.06 bits per heavy atom. The second kappa shape index (κ2) is 9.72. The van der Waals surface area contributed by atoms with Crippen LogP contribution in [0.25, 0.3) is 6.08 Å². The van der Waals surface area contributed by atoms with E-state index >= 15 is 0 Å². The highest BCUT2D eigenvalue weighted by atomic mass is 16.5. The van der Waals surface area contributed by atoms with Crippen LogP contribution in [0.5, 0.6) is 11.5 Å². The van der Waals surface area contributed by atoms with Crippen molar-refractivity contribution in [2.75, 3.05) is 12.4 Å². The summed E-state index contributed by atoms with van der Waals surface area (Å²) in [6.07, 6.45) is 9.59. The van der Waals surface area contributed by atoms with Crippen LogP contribution in [0.3, 0.4) is 0 Å². The average Bonchev–Trinajstić information content (AvgIpc) is 3.54. The van der Waals surface area contributed by atoms with Crippen LogP contribution in [0, 0.1) is 13.8 Å². The molecule has 0 spiro atoms. The molecular weight excluding hydrogens is 408 g/mol. The van der Waals surface area contributed by atoms with E-state index in [-0.39, 0.29) is 5.91 Å². The topological polar surface area (TPSA) is 91.4 Å². The molecule has 0 atom stereocenters. The summed E-state index contributed by atoms with van der Waals surface area (Å²) in [4.78, 5) is 12.5. The third-order valence-electron chi connectivity index (χ3n) is 5.76. The molecule has 2 aromatic heterocycles. The van der Waals surface area contributed by atoms with Crippen LogP contribution in [0.2, 0.25) is 0 Å². The minimum Gasteiger partial charge on any atom is -0.493 e. The second-order valence-electron chi connectivity index (χ2n) is 7.92. The summed E-state index contributed by atoms with van der Waals surface area (Å²) in [5.41, 5.74) is 2.55. The number of hydrogen-bond acceptors (Lipinski definition) is 6. The number of amides is 1. The maximum atomic E-state index is 12.5. The number of nitrogens with one attached hydrogen (secondary N) is 1. The molecule has 0 unspecified atom stereocenters.